The standard InChI is InChI=1S/C15H22N6O/c1-10-5-6-21(9-15(10,2)3)14(22)12-7-11(8-20(12)4)13-16-18-19-17-13/h7-8,10H,5-6,9H2,1-4H3,(H,16,17,18,19). The molecular weight excluding hydrogens is 280 g/mol. The largest absolute Gasteiger partial charge is 0.346 e. The van der Waals surface area contributed by atoms with E-state index >= 15 is 0 Å². The Labute approximate surface area is 129 Å². The maximum Gasteiger partial charge on any atom is 0.270 e. The van der Waals surface area contributed by atoms with Crippen LogP contribution < -0.4 is 0 Å². The molecule has 2 aromatic heterocycles. The zero-order valence-corrected chi connectivity index (χ0v) is 13.5. The Bertz CT molecular complexity index is 672. The number of carbonyl (C=O) groups is 1. The van der Waals surface area contributed by atoms with Gasteiger partial charge < -0.3 is 9.47 Å². The van der Waals surface area contributed by atoms with Gasteiger partial charge in [-0.3, -0.25) is 4.79 Å². The second-order valence-electron chi connectivity index (χ2n) is 6.87. The molecule has 0 saturated carbocycles. The van der Waals surface area contributed by atoms with Gasteiger partial charge in [-0.25, -0.2) is 0 Å². The lowest BCUT2D eigenvalue weighted by molar-refractivity contribution is 0.0419. The van der Waals surface area contributed by atoms with Crippen molar-refractivity contribution in [3.05, 3.63) is 18.0 Å². The van der Waals surface area contributed by atoms with Crippen molar-refractivity contribution in [3.63, 3.8) is 0 Å². The van der Waals surface area contributed by atoms with Crippen LogP contribution in [0.25, 0.3) is 11.4 Å². The fraction of sp³-hybridized carbons (Fsp3) is 0.600. The summed E-state index contributed by atoms with van der Waals surface area (Å²) in [5, 5.41) is 13.9. The van der Waals surface area contributed by atoms with Gasteiger partial charge >= 0.3 is 0 Å². The molecule has 1 aliphatic heterocycles. The Hall–Kier alpha value is -2.18. The molecular formula is C15H22N6O. The fourth-order valence-electron chi connectivity index (χ4n) is 2.99. The molecule has 0 aliphatic carbocycles. The van der Waals surface area contributed by atoms with Gasteiger partial charge in [-0.2, -0.15) is 5.21 Å². The number of amides is 1. The molecule has 3 heterocycles. The topological polar surface area (TPSA) is 79.7 Å². The second kappa shape index (κ2) is 5.23. The van der Waals surface area contributed by atoms with Crippen molar-refractivity contribution < 1.29 is 4.79 Å². The molecule has 0 spiro atoms. The first-order valence-corrected chi connectivity index (χ1v) is 7.58. The van der Waals surface area contributed by atoms with Crippen LogP contribution in [0, 0.1) is 11.3 Å². The molecule has 0 bridgehead atoms. The van der Waals surface area contributed by atoms with Gasteiger partial charge in [-0.05, 0) is 29.0 Å². The third-order valence-electron chi connectivity index (χ3n) is 4.88. The molecule has 1 unspecified atom stereocenters. The van der Waals surface area contributed by atoms with E-state index in [2.05, 4.69) is 41.4 Å². The van der Waals surface area contributed by atoms with Crippen molar-refractivity contribution in [2.45, 2.75) is 27.2 Å². The summed E-state index contributed by atoms with van der Waals surface area (Å²) in [6.45, 7) is 8.32. The summed E-state index contributed by atoms with van der Waals surface area (Å²) in [6.07, 6.45) is 2.90. The Kier molecular flexibility index (Phi) is 3.50. The number of piperidine rings is 1. The molecule has 1 atom stereocenters. The molecule has 1 aliphatic rings. The van der Waals surface area contributed by atoms with Crippen LogP contribution in [0.15, 0.2) is 12.3 Å². The summed E-state index contributed by atoms with van der Waals surface area (Å²) >= 11 is 0. The van der Waals surface area contributed by atoms with Crippen LogP contribution in [-0.4, -0.2) is 49.1 Å². The summed E-state index contributed by atoms with van der Waals surface area (Å²) < 4.78 is 1.83. The average molecular weight is 302 g/mol. The highest BCUT2D eigenvalue weighted by Crippen LogP contribution is 2.35. The molecule has 1 fully saturated rings. The van der Waals surface area contributed by atoms with E-state index in [1.165, 1.54) is 0 Å². The van der Waals surface area contributed by atoms with Gasteiger partial charge in [0.1, 0.15) is 5.69 Å². The van der Waals surface area contributed by atoms with E-state index in [1.807, 2.05) is 28.8 Å². The summed E-state index contributed by atoms with van der Waals surface area (Å²) in [5.74, 6) is 1.19. The van der Waals surface area contributed by atoms with E-state index in [9.17, 15) is 4.79 Å². The van der Waals surface area contributed by atoms with E-state index in [1.54, 1.807) is 0 Å². The van der Waals surface area contributed by atoms with Gasteiger partial charge in [0.2, 0.25) is 5.82 Å². The predicted octanol–water partition coefficient (Wildman–Crippen LogP) is 1.71. The second-order valence-corrected chi connectivity index (χ2v) is 6.87. The SMILES string of the molecule is CC1CCN(C(=O)c2cc(-c3nn[nH]n3)cn2C)CC1(C)C. The maximum absolute atomic E-state index is 12.8. The van der Waals surface area contributed by atoms with Gasteiger partial charge in [0.25, 0.3) is 5.91 Å². The highest BCUT2D eigenvalue weighted by Gasteiger charge is 2.35. The number of H-pyrrole nitrogens is 1. The van der Waals surface area contributed by atoms with Crippen molar-refractivity contribution in [1.29, 1.82) is 0 Å². The van der Waals surface area contributed by atoms with Gasteiger partial charge in [0.15, 0.2) is 0 Å². The molecule has 0 radical (unpaired) electrons. The highest BCUT2D eigenvalue weighted by atomic mass is 16.2. The van der Waals surface area contributed by atoms with E-state index in [0.717, 1.165) is 25.1 Å². The van der Waals surface area contributed by atoms with Crippen LogP contribution in [0.5, 0.6) is 0 Å². The molecule has 118 valence electrons. The number of carbonyl (C=O) groups excluding carboxylic acids is 1. The average Bonchev–Trinajstić information content (AvgIpc) is 3.10. The molecule has 22 heavy (non-hydrogen) atoms. The van der Waals surface area contributed by atoms with Crippen LogP contribution in [-0.2, 0) is 7.05 Å². The lowest BCUT2D eigenvalue weighted by Gasteiger charge is -2.42. The number of likely N-dealkylation sites (tertiary alicyclic amines) is 1. The van der Waals surface area contributed by atoms with Crippen LogP contribution in [0.3, 0.4) is 0 Å². The Morgan fingerprint density at radius 2 is 2.23 bits per heavy atom. The van der Waals surface area contributed by atoms with E-state index in [0.29, 0.717) is 17.4 Å². The molecule has 1 amide bonds. The number of aromatic nitrogens is 5. The number of rotatable bonds is 2. The number of aryl methyl sites for hydroxylation is 1. The summed E-state index contributed by atoms with van der Waals surface area (Å²) in [4.78, 5) is 14.8. The molecule has 2 aromatic rings. The van der Waals surface area contributed by atoms with Crippen LogP contribution in [0.2, 0.25) is 0 Å². The van der Waals surface area contributed by atoms with E-state index in [-0.39, 0.29) is 11.3 Å². The number of tetrazole rings is 1. The number of hydrogen-bond acceptors (Lipinski definition) is 4. The smallest absolute Gasteiger partial charge is 0.270 e. The first-order chi connectivity index (χ1) is 10.4. The minimum atomic E-state index is 0.0669. The zero-order valence-electron chi connectivity index (χ0n) is 13.5. The molecule has 0 aromatic carbocycles. The minimum Gasteiger partial charge on any atom is -0.346 e. The summed E-state index contributed by atoms with van der Waals surface area (Å²) in [5.41, 5.74) is 1.60. The quantitative estimate of drug-likeness (QED) is 0.916. The van der Waals surface area contributed by atoms with Crippen molar-refractivity contribution in [2.24, 2.45) is 18.4 Å². The molecule has 1 N–H and O–H groups in total. The van der Waals surface area contributed by atoms with Crippen molar-refractivity contribution in [1.82, 2.24) is 30.1 Å². The Morgan fingerprint density at radius 1 is 1.45 bits per heavy atom. The fourth-order valence-corrected chi connectivity index (χ4v) is 2.99. The molecule has 7 heteroatoms. The Morgan fingerprint density at radius 3 is 2.86 bits per heavy atom. The third-order valence-corrected chi connectivity index (χ3v) is 4.88. The number of nitrogens with one attached hydrogen (secondary N) is 1. The predicted molar refractivity (Wildman–Crippen MR) is 82.1 cm³/mol. The third kappa shape index (κ3) is 2.51. The number of nitrogens with zero attached hydrogens (tertiary/aromatic N) is 5. The molecule has 7 nitrogen and oxygen atoms in total. The monoisotopic (exact) mass is 302 g/mol. The zero-order chi connectivity index (χ0) is 15.9. The van der Waals surface area contributed by atoms with Crippen LogP contribution in [0.1, 0.15) is 37.7 Å². The van der Waals surface area contributed by atoms with Crippen molar-refractivity contribution in [3.8, 4) is 11.4 Å². The first-order valence-electron chi connectivity index (χ1n) is 7.58. The lowest BCUT2D eigenvalue weighted by atomic mass is 9.75. The van der Waals surface area contributed by atoms with Gasteiger partial charge in [0.05, 0.1) is 0 Å². The normalized spacial score (nSPS) is 21.1. The van der Waals surface area contributed by atoms with Gasteiger partial charge in [-0.1, -0.05) is 20.8 Å². The van der Waals surface area contributed by atoms with Crippen molar-refractivity contribution in [2.75, 3.05) is 13.1 Å². The minimum absolute atomic E-state index is 0.0669. The number of hydrogen-bond donors (Lipinski definition) is 1. The maximum atomic E-state index is 12.8. The Balaban J connectivity index is 1.84. The van der Waals surface area contributed by atoms with E-state index in [4.69, 9.17) is 0 Å². The molecule has 3 rings (SSSR count). The molecule has 1 saturated heterocycles. The first kappa shape index (κ1) is 14.7. The van der Waals surface area contributed by atoms with Crippen LogP contribution >= 0.6 is 0 Å². The van der Waals surface area contributed by atoms with Gasteiger partial charge in [-0.15, -0.1) is 10.2 Å². The van der Waals surface area contributed by atoms with Crippen molar-refractivity contribution >= 4 is 5.91 Å². The highest BCUT2D eigenvalue weighted by molar-refractivity contribution is 5.94. The van der Waals surface area contributed by atoms with Crippen LogP contribution in [0.4, 0.5) is 0 Å². The van der Waals surface area contributed by atoms with Gasteiger partial charge in [0, 0.05) is 31.9 Å². The summed E-state index contributed by atoms with van der Waals surface area (Å²) in [6, 6.07) is 1.83. The lowest BCUT2D eigenvalue weighted by Crippen LogP contribution is -2.47. The summed E-state index contributed by atoms with van der Waals surface area (Å²) in [7, 11) is 1.87. The van der Waals surface area contributed by atoms with E-state index < -0.39 is 0 Å². The number of aromatic amines is 1.